The van der Waals surface area contributed by atoms with Gasteiger partial charge in [-0.05, 0) is 19.4 Å². The van der Waals surface area contributed by atoms with Crippen molar-refractivity contribution in [3.05, 3.63) is 35.4 Å². The second-order valence-electron chi connectivity index (χ2n) is 4.73. The Balaban J connectivity index is 2.63. The Morgan fingerprint density at radius 1 is 1.38 bits per heavy atom. The second kappa shape index (κ2) is 7.99. The van der Waals surface area contributed by atoms with Crippen molar-refractivity contribution in [2.24, 2.45) is 0 Å². The molecule has 1 N–H and O–H groups in total. The molecule has 0 heterocycles. The lowest BCUT2D eigenvalue weighted by molar-refractivity contribution is 0.151. The number of hydrogen-bond acceptors (Lipinski definition) is 4. The topological polar surface area (TPSA) is 75.7 Å². The van der Waals surface area contributed by atoms with E-state index in [9.17, 15) is 13.2 Å². The molecule has 1 aromatic rings. The lowest BCUT2D eigenvalue weighted by Crippen LogP contribution is -2.37. The van der Waals surface area contributed by atoms with Gasteiger partial charge in [0.2, 0.25) is 10.0 Å². The van der Waals surface area contributed by atoms with Gasteiger partial charge in [0.05, 0.1) is 12.9 Å². The third-order valence-corrected chi connectivity index (χ3v) is 4.07. The molecule has 0 aliphatic rings. The monoisotopic (exact) mass is 314 g/mol. The molecule has 0 spiro atoms. The zero-order chi connectivity index (χ0) is 15.9. The normalized spacial score (nSPS) is 11.4. The van der Waals surface area contributed by atoms with Gasteiger partial charge in [-0.1, -0.05) is 29.8 Å². The SMILES string of the molecule is CCOC(=O)NCCN(Cc1cccc(C)c1)S(C)(=O)=O. The molecule has 1 amide bonds. The number of rotatable bonds is 7. The predicted molar refractivity (Wildman–Crippen MR) is 81.5 cm³/mol. The van der Waals surface area contributed by atoms with Gasteiger partial charge in [-0.2, -0.15) is 4.31 Å². The van der Waals surface area contributed by atoms with Gasteiger partial charge in [-0.15, -0.1) is 0 Å². The number of amides is 1. The van der Waals surface area contributed by atoms with E-state index >= 15 is 0 Å². The zero-order valence-corrected chi connectivity index (χ0v) is 13.4. The predicted octanol–water partition coefficient (Wildman–Crippen LogP) is 1.50. The molecule has 0 unspecified atom stereocenters. The van der Waals surface area contributed by atoms with Gasteiger partial charge in [0.1, 0.15) is 0 Å². The highest BCUT2D eigenvalue weighted by Gasteiger charge is 2.17. The molecule has 0 aliphatic heterocycles. The van der Waals surface area contributed by atoms with E-state index in [2.05, 4.69) is 5.32 Å². The van der Waals surface area contributed by atoms with Crippen LogP contribution in [-0.4, -0.2) is 44.8 Å². The van der Waals surface area contributed by atoms with E-state index < -0.39 is 16.1 Å². The summed E-state index contributed by atoms with van der Waals surface area (Å²) in [6.07, 6.45) is 0.620. The molecule has 0 saturated heterocycles. The molecule has 0 radical (unpaired) electrons. The van der Waals surface area contributed by atoms with Gasteiger partial charge < -0.3 is 10.1 Å². The number of carbonyl (C=O) groups excluding carboxylic acids is 1. The molecule has 0 bridgehead atoms. The Labute approximate surface area is 126 Å². The molecule has 7 heteroatoms. The first-order valence-electron chi connectivity index (χ1n) is 6.74. The fourth-order valence-corrected chi connectivity index (χ4v) is 2.65. The third kappa shape index (κ3) is 6.59. The quantitative estimate of drug-likeness (QED) is 0.827. The average Bonchev–Trinajstić information content (AvgIpc) is 2.37. The Hall–Kier alpha value is -1.60. The van der Waals surface area contributed by atoms with E-state index in [1.54, 1.807) is 6.92 Å². The van der Waals surface area contributed by atoms with Gasteiger partial charge >= 0.3 is 6.09 Å². The number of sulfonamides is 1. The number of benzene rings is 1. The van der Waals surface area contributed by atoms with Crippen molar-refractivity contribution < 1.29 is 17.9 Å². The van der Waals surface area contributed by atoms with Crippen LogP contribution in [0.2, 0.25) is 0 Å². The fraction of sp³-hybridized carbons (Fsp3) is 0.500. The van der Waals surface area contributed by atoms with Crippen molar-refractivity contribution >= 4 is 16.1 Å². The summed E-state index contributed by atoms with van der Waals surface area (Å²) in [6.45, 7) is 4.63. The van der Waals surface area contributed by atoms with Crippen LogP contribution in [0.3, 0.4) is 0 Å². The van der Waals surface area contributed by atoms with E-state index in [1.165, 1.54) is 4.31 Å². The lowest BCUT2D eigenvalue weighted by Gasteiger charge is -2.20. The summed E-state index contributed by atoms with van der Waals surface area (Å²) in [6, 6.07) is 7.67. The Morgan fingerprint density at radius 2 is 2.10 bits per heavy atom. The number of hydrogen-bond donors (Lipinski definition) is 1. The van der Waals surface area contributed by atoms with E-state index in [-0.39, 0.29) is 26.2 Å². The lowest BCUT2D eigenvalue weighted by atomic mass is 10.1. The van der Waals surface area contributed by atoms with E-state index in [4.69, 9.17) is 4.74 Å². The van der Waals surface area contributed by atoms with Gasteiger partial charge in [0.15, 0.2) is 0 Å². The summed E-state index contributed by atoms with van der Waals surface area (Å²) in [5.74, 6) is 0. The molecular weight excluding hydrogens is 292 g/mol. The maximum absolute atomic E-state index is 11.8. The van der Waals surface area contributed by atoms with E-state index in [0.29, 0.717) is 0 Å². The van der Waals surface area contributed by atoms with Gasteiger partial charge in [-0.25, -0.2) is 13.2 Å². The summed E-state index contributed by atoms with van der Waals surface area (Å²) < 4.78 is 29.7. The minimum atomic E-state index is -3.34. The highest BCUT2D eigenvalue weighted by atomic mass is 32.2. The van der Waals surface area contributed by atoms with Crippen molar-refractivity contribution in [3.63, 3.8) is 0 Å². The Bertz CT molecular complexity index is 572. The van der Waals surface area contributed by atoms with Gasteiger partial charge in [0.25, 0.3) is 0 Å². The Kier molecular flexibility index (Phi) is 6.64. The van der Waals surface area contributed by atoms with Crippen LogP contribution in [0.5, 0.6) is 0 Å². The molecule has 0 fully saturated rings. The van der Waals surface area contributed by atoms with E-state index in [0.717, 1.165) is 17.4 Å². The first-order valence-corrected chi connectivity index (χ1v) is 8.59. The van der Waals surface area contributed by atoms with Crippen LogP contribution in [0.25, 0.3) is 0 Å². The number of nitrogens with one attached hydrogen (secondary N) is 1. The van der Waals surface area contributed by atoms with Crippen LogP contribution in [0.1, 0.15) is 18.1 Å². The molecule has 1 rings (SSSR count). The highest BCUT2D eigenvalue weighted by molar-refractivity contribution is 7.88. The van der Waals surface area contributed by atoms with Crippen LogP contribution in [0.4, 0.5) is 4.79 Å². The fourth-order valence-electron chi connectivity index (χ4n) is 1.84. The summed E-state index contributed by atoms with van der Waals surface area (Å²) in [5, 5.41) is 2.52. The maximum Gasteiger partial charge on any atom is 0.407 e. The second-order valence-corrected chi connectivity index (χ2v) is 6.72. The van der Waals surface area contributed by atoms with Crippen LogP contribution < -0.4 is 5.32 Å². The first kappa shape index (κ1) is 17.5. The number of alkyl carbamates (subject to hydrolysis) is 1. The van der Waals surface area contributed by atoms with Crippen LogP contribution >= 0.6 is 0 Å². The number of carbonyl (C=O) groups is 1. The van der Waals surface area contributed by atoms with Crippen molar-refractivity contribution in [2.45, 2.75) is 20.4 Å². The van der Waals surface area contributed by atoms with Crippen LogP contribution in [0, 0.1) is 6.92 Å². The minimum absolute atomic E-state index is 0.200. The number of aryl methyl sites for hydroxylation is 1. The largest absolute Gasteiger partial charge is 0.450 e. The molecule has 6 nitrogen and oxygen atoms in total. The number of ether oxygens (including phenoxy) is 1. The van der Waals surface area contributed by atoms with E-state index in [1.807, 2.05) is 31.2 Å². The minimum Gasteiger partial charge on any atom is -0.450 e. The van der Waals surface area contributed by atoms with Crippen molar-refractivity contribution in [2.75, 3.05) is 26.0 Å². The maximum atomic E-state index is 11.8. The molecule has 0 aromatic heterocycles. The van der Waals surface area contributed by atoms with Crippen molar-refractivity contribution in [1.82, 2.24) is 9.62 Å². The summed E-state index contributed by atoms with van der Waals surface area (Å²) >= 11 is 0. The molecule has 0 aliphatic carbocycles. The molecule has 1 aromatic carbocycles. The standard InChI is InChI=1S/C14H22N2O4S/c1-4-20-14(17)15-8-9-16(21(3,18)19)11-13-7-5-6-12(2)10-13/h5-7,10H,4,8-9,11H2,1-3H3,(H,15,17). The summed E-state index contributed by atoms with van der Waals surface area (Å²) in [5.41, 5.74) is 1.99. The zero-order valence-electron chi connectivity index (χ0n) is 12.6. The van der Waals surface area contributed by atoms with Crippen LogP contribution in [-0.2, 0) is 21.3 Å². The average molecular weight is 314 g/mol. The van der Waals surface area contributed by atoms with Crippen LogP contribution in [0.15, 0.2) is 24.3 Å². The highest BCUT2D eigenvalue weighted by Crippen LogP contribution is 2.10. The van der Waals surface area contributed by atoms with Gasteiger partial charge in [-0.3, -0.25) is 0 Å². The third-order valence-electron chi connectivity index (χ3n) is 2.82. The smallest absolute Gasteiger partial charge is 0.407 e. The first-order chi connectivity index (χ1) is 9.82. The molecule has 0 atom stereocenters. The molecule has 21 heavy (non-hydrogen) atoms. The van der Waals surface area contributed by atoms with Crippen molar-refractivity contribution in [3.8, 4) is 0 Å². The molecular formula is C14H22N2O4S. The Morgan fingerprint density at radius 3 is 2.67 bits per heavy atom. The molecule has 118 valence electrons. The summed E-state index contributed by atoms with van der Waals surface area (Å²) in [7, 11) is -3.34. The summed E-state index contributed by atoms with van der Waals surface area (Å²) in [4.78, 5) is 11.2. The number of nitrogens with zero attached hydrogens (tertiary/aromatic N) is 1. The molecule has 0 saturated carbocycles. The van der Waals surface area contributed by atoms with Gasteiger partial charge in [0, 0.05) is 19.6 Å². The van der Waals surface area contributed by atoms with Crippen molar-refractivity contribution in [1.29, 1.82) is 0 Å².